The maximum absolute atomic E-state index is 12.8. The van der Waals surface area contributed by atoms with Crippen LogP contribution in [0.25, 0.3) is 0 Å². The Bertz CT molecular complexity index is 454. The van der Waals surface area contributed by atoms with Crippen LogP contribution >= 0.6 is 0 Å². The molecule has 20 heavy (non-hydrogen) atoms. The van der Waals surface area contributed by atoms with Gasteiger partial charge in [-0.15, -0.1) is 0 Å². The second-order valence-corrected chi connectivity index (χ2v) is 5.77. The normalized spacial score (nSPS) is 18.4. The highest BCUT2D eigenvalue weighted by Gasteiger charge is 2.34. The first-order valence-corrected chi connectivity index (χ1v) is 7.45. The highest BCUT2D eigenvalue weighted by Crippen LogP contribution is 2.36. The second kappa shape index (κ2) is 6.44. The van der Waals surface area contributed by atoms with Gasteiger partial charge in [0.05, 0.1) is 6.20 Å². The zero-order chi connectivity index (χ0) is 14.6. The van der Waals surface area contributed by atoms with E-state index in [1.54, 1.807) is 0 Å². The van der Waals surface area contributed by atoms with Gasteiger partial charge in [0.15, 0.2) is 5.78 Å². The number of nitrogens with zero attached hydrogens (tertiary/aromatic N) is 2. The monoisotopic (exact) mass is 278 g/mol. The maximum atomic E-state index is 12.8. The predicted molar refractivity (Wildman–Crippen MR) is 77.2 cm³/mol. The standard InChI is InChI=1S/C16H23FN2O/c1-3-16(4-2)8-10-19(12-16)9-7-15(20)14-6-5-13(17)11-18-14/h5-6,11H,3-4,7-10,12H2,1-2H3. The van der Waals surface area contributed by atoms with E-state index >= 15 is 0 Å². The largest absolute Gasteiger partial charge is 0.302 e. The third-order valence-corrected chi connectivity index (χ3v) is 4.69. The van der Waals surface area contributed by atoms with Gasteiger partial charge in [-0.2, -0.15) is 0 Å². The first-order valence-electron chi connectivity index (χ1n) is 7.45. The molecule has 110 valence electrons. The summed E-state index contributed by atoms with van der Waals surface area (Å²) in [6, 6.07) is 2.75. The molecule has 1 aliphatic heterocycles. The average Bonchev–Trinajstić information content (AvgIpc) is 2.90. The summed E-state index contributed by atoms with van der Waals surface area (Å²) in [7, 11) is 0. The van der Waals surface area contributed by atoms with Gasteiger partial charge in [0.2, 0.25) is 0 Å². The van der Waals surface area contributed by atoms with Gasteiger partial charge in [0.1, 0.15) is 11.5 Å². The second-order valence-electron chi connectivity index (χ2n) is 5.77. The lowest BCUT2D eigenvalue weighted by atomic mass is 9.82. The molecule has 3 nitrogen and oxygen atoms in total. The minimum Gasteiger partial charge on any atom is -0.302 e. The molecule has 0 N–H and O–H groups in total. The van der Waals surface area contributed by atoms with Gasteiger partial charge in [-0.1, -0.05) is 13.8 Å². The van der Waals surface area contributed by atoms with Crippen LogP contribution in [-0.2, 0) is 0 Å². The Hall–Kier alpha value is -1.29. The zero-order valence-electron chi connectivity index (χ0n) is 12.4. The van der Waals surface area contributed by atoms with Crippen LogP contribution < -0.4 is 0 Å². The lowest BCUT2D eigenvalue weighted by molar-refractivity contribution is 0.0960. The number of carbonyl (C=O) groups is 1. The third-order valence-electron chi connectivity index (χ3n) is 4.69. The Kier molecular flexibility index (Phi) is 4.86. The molecule has 1 aromatic rings. The molecule has 0 saturated carbocycles. The molecular weight excluding hydrogens is 255 g/mol. The molecular formula is C16H23FN2O. The first-order chi connectivity index (χ1) is 9.58. The molecule has 0 spiro atoms. The van der Waals surface area contributed by atoms with E-state index in [0.717, 1.165) is 25.8 Å². The predicted octanol–water partition coefficient (Wildman–Crippen LogP) is 3.31. The van der Waals surface area contributed by atoms with Crippen molar-refractivity contribution in [2.45, 2.75) is 39.5 Å². The fourth-order valence-corrected chi connectivity index (χ4v) is 2.97. The molecule has 0 radical (unpaired) electrons. The van der Waals surface area contributed by atoms with Crippen molar-refractivity contribution in [3.8, 4) is 0 Å². The van der Waals surface area contributed by atoms with Gasteiger partial charge in [-0.3, -0.25) is 9.78 Å². The number of hydrogen-bond acceptors (Lipinski definition) is 3. The summed E-state index contributed by atoms with van der Waals surface area (Å²) < 4.78 is 12.8. The van der Waals surface area contributed by atoms with Crippen LogP contribution in [0.4, 0.5) is 4.39 Å². The summed E-state index contributed by atoms with van der Waals surface area (Å²) in [6.07, 6.45) is 5.19. The van der Waals surface area contributed by atoms with Crippen molar-refractivity contribution in [3.63, 3.8) is 0 Å². The highest BCUT2D eigenvalue weighted by atomic mass is 19.1. The van der Waals surface area contributed by atoms with Crippen LogP contribution in [0.2, 0.25) is 0 Å². The number of likely N-dealkylation sites (tertiary alicyclic amines) is 1. The van der Waals surface area contributed by atoms with E-state index in [4.69, 9.17) is 0 Å². The first kappa shape index (κ1) is 15.1. The minimum absolute atomic E-state index is 0.00417. The van der Waals surface area contributed by atoms with E-state index in [9.17, 15) is 9.18 Å². The molecule has 0 aliphatic carbocycles. The van der Waals surface area contributed by atoms with Crippen molar-refractivity contribution in [2.24, 2.45) is 5.41 Å². The van der Waals surface area contributed by atoms with E-state index in [0.29, 0.717) is 17.5 Å². The lowest BCUT2D eigenvalue weighted by Gasteiger charge is -2.26. The number of carbonyl (C=O) groups excluding carboxylic acids is 1. The Balaban J connectivity index is 1.84. The fraction of sp³-hybridized carbons (Fsp3) is 0.625. The quantitative estimate of drug-likeness (QED) is 0.749. The van der Waals surface area contributed by atoms with Crippen molar-refractivity contribution in [2.75, 3.05) is 19.6 Å². The van der Waals surface area contributed by atoms with Gasteiger partial charge < -0.3 is 4.90 Å². The number of rotatable bonds is 6. The molecule has 1 fully saturated rings. The topological polar surface area (TPSA) is 33.2 Å². The molecule has 0 amide bonds. The smallest absolute Gasteiger partial charge is 0.182 e. The zero-order valence-corrected chi connectivity index (χ0v) is 12.4. The van der Waals surface area contributed by atoms with Crippen molar-refractivity contribution in [3.05, 3.63) is 29.8 Å². The van der Waals surface area contributed by atoms with Crippen molar-refractivity contribution >= 4 is 5.78 Å². The van der Waals surface area contributed by atoms with Crippen molar-refractivity contribution in [1.29, 1.82) is 0 Å². The molecule has 0 aromatic carbocycles. The number of aromatic nitrogens is 1. The summed E-state index contributed by atoms with van der Waals surface area (Å²) in [5.41, 5.74) is 0.805. The van der Waals surface area contributed by atoms with Crippen LogP contribution in [-0.4, -0.2) is 35.3 Å². The van der Waals surface area contributed by atoms with Crippen LogP contribution in [0.3, 0.4) is 0 Å². The van der Waals surface area contributed by atoms with E-state index in [2.05, 4.69) is 23.7 Å². The van der Waals surface area contributed by atoms with Crippen LogP contribution in [0.15, 0.2) is 18.3 Å². The van der Waals surface area contributed by atoms with E-state index in [1.807, 2.05) is 0 Å². The van der Waals surface area contributed by atoms with E-state index < -0.39 is 5.82 Å². The van der Waals surface area contributed by atoms with Gasteiger partial charge in [0, 0.05) is 19.5 Å². The summed E-state index contributed by atoms with van der Waals surface area (Å²) in [4.78, 5) is 18.2. The molecule has 1 aromatic heterocycles. The molecule has 0 bridgehead atoms. The molecule has 0 atom stereocenters. The van der Waals surface area contributed by atoms with E-state index in [1.165, 1.54) is 31.4 Å². The summed E-state index contributed by atoms with van der Waals surface area (Å²) in [6.45, 7) is 7.44. The molecule has 2 rings (SSSR count). The lowest BCUT2D eigenvalue weighted by Crippen LogP contribution is -2.28. The molecule has 1 aliphatic rings. The van der Waals surface area contributed by atoms with Crippen molar-refractivity contribution in [1.82, 2.24) is 9.88 Å². The Morgan fingerprint density at radius 1 is 1.40 bits per heavy atom. The van der Waals surface area contributed by atoms with E-state index in [-0.39, 0.29) is 5.78 Å². The Morgan fingerprint density at radius 2 is 2.15 bits per heavy atom. The number of hydrogen-bond donors (Lipinski definition) is 0. The third kappa shape index (κ3) is 3.42. The van der Waals surface area contributed by atoms with Crippen LogP contribution in [0.1, 0.15) is 50.0 Å². The average molecular weight is 278 g/mol. The number of pyridine rings is 1. The fourth-order valence-electron chi connectivity index (χ4n) is 2.97. The summed E-state index contributed by atoms with van der Waals surface area (Å²) in [5.74, 6) is -0.410. The molecule has 0 unspecified atom stereocenters. The van der Waals surface area contributed by atoms with Gasteiger partial charge in [-0.05, 0) is 43.4 Å². The van der Waals surface area contributed by atoms with Crippen LogP contribution in [0, 0.1) is 11.2 Å². The number of ketones is 1. The number of halogens is 1. The highest BCUT2D eigenvalue weighted by molar-refractivity contribution is 5.94. The van der Waals surface area contributed by atoms with Gasteiger partial charge in [-0.25, -0.2) is 4.39 Å². The molecule has 1 saturated heterocycles. The van der Waals surface area contributed by atoms with Gasteiger partial charge >= 0.3 is 0 Å². The summed E-state index contributed by atoms with van der Waals surface area (Å²) >= 11 is 0. The Morgan fingerprint density at radius 3 is 2.70 bits per heavy atom. The van der Waals surface area contributed by atoms with Crippen LogP contribution in [0.5, 0.6) is 0 Å². The minimum atomic E-state index is -0.406. The van der Waals surface area contributed by atoms with Gasteiger partial charge in [0.25, 0.3) is 0 Å². The Labute approximate surface area is 120 Å². The number of Topliss-reactive ketones (excluding diaryl/α,β-unsaturated/α-hetero) is 1. The molecule has 4 heteroatoms. The molecule has 2 heterocycles. The summed E-state index contributed by atoms with van der Waals surface area (Å²) in [5, 5.41) is 0. The SMILES string of the molecule is CCC1(CC)CCN(CCC(=O)c2ccc(F)cn2)C1. The maximum Gasteiger partial charge on any atom is 0.182 e. The van der Waals surface area contributed by atoms with Crippen molar-refractivity contribution < 1.29 is 9.18 Å².